The Morgan fingerprint density at radius 3 is 2.55 bits per heavy atom. The third-order valence-corrected chi connectivity index (χ3v) is 4.49. The predicted octanol–water partition coefficient (Wildman–Crippen LogP) is 2.46. The zero-order valence-corrected chi connectivity index (χ0v) is 13.0. The van der Waals surface area contributed by atoms with Crippen molar-refractivity contribution in [3.8, 4) is 5.75 Å². The topological polar surface area (TPSA) is 45.6 Å². The van der Waals surface area contributed by atoms with E-state index in [1.54, 1.807) is 13.3 Å². The lowest BCUT2D eigenvalue weighted by molar-refractivity contribution is -0.1000. The van der Waals surface area contributed by atoms with Gasteiger partial charge in [0, 0.05) is 31.9 Å². The van der Waals surface area contributed by atoms with Crippen LogP contribution in [0.4, 0.5) is 0 Å². The molecular weight excluding hydrogens is 252 g/mol. The lowest BCUT2D eigenvalue weighted by atomic mass is 9.71. The molecule has 1 aromatic heterocycles. The van der Waals surface area contributed by atoms with E-state index < -0.39 is 5.60 Å². The van der Waals surface area contributed by atoms with E-state index in [0.717, 1.165) is 43.9 Å². The van der Waals surface area contributed by atoms with E-state index in [4.69, 9.17) is 4.74 Å². The van der Waals surface area contributed by atoms with E-state index in [1.807, 2.05) is 12.1 Å². The zero-order valence-electron chi connectivity index (χ0n) is 13.0. The third-order valence-electron chi connectivity index (χ3n) is 4.49. The Balaban J connectivity index is 1.94. The monoisotopic (exact) mass is 278 g/mol. The van der Waals surface area contributed by atoms with Crippen molar-refractivity contribution in [1.82, 2.24) is 9.88 Å². The van der Waals surface area contributed by atoms with Gasteiger partial charge >= 0.3 is 0 Å². The molecule has 1 aromatic rings. The molecule has 0 radical (unpaired) electrons. The van der Waals surface area contributed by atoms with Gasteiger partial charge in [-0.3, -0.25) is 9.88 Å². The van der Waals surface area contributed by atoms with E-state index in [0.29, 0.717) is 0 Å². The van der Waals surface area contributed by atoms with Crippen molar-refractivity contribution in [2.24, 2.45) is 5.41 Å². The van der Waals surface area contributed by atoms with Crippen molar-refractivity contribution in [2.75, 3.05) is 20.2 Å². The highest BCUT2D eigenvalue weighted by molar-refractivity contribution is 5.22. The van der Waals surface area contributed by atoms with Gasteiger partial charge < -0.3 is 9.84 Å². The van der Waals surface area contributed by atoms with Crippen LogP contribution in [0.3, 0.4) is 0 Å². The molecule has 4 heteroatoms. The van der Waals surface area contributed by atoms with E-state index >= 15 is 0 Å². The summed E-state index contributed by atoms with van der Waals surface area (Å²) < 4.78 is 5.22. The molecule has 20 heavy (non-hydrogen) atoms. The molecule has 0 aliphatic carbocycles. The minimum atomic E-state index is -0.550. The Hall–Kier alpha value is -1.13. The van der Waals surface area contributed by atoms with Gasteiger partial charge in [0.25, 0.3) is 0 Å². The number of nitrogens with zero attached hydrogens (tertiary/aromatic N) is 2. The summed E-state index contributed by atoms with van der Waals surface area (Å²) in [6.45, 7) is 8.99. The van der Waals surface area contributed by atoms with Crippen LogP contribution in [0.5, 0.6) is 5.75 Å². The van der Waals surface area contributed by atoms with Crippen LogP contribution >= 0.6 is 0 Å². The fourth-order valence-corrected chi connectivity index (χ4v) is 2.73. The molecule has 0 spiro atoms. The van der Waals surface area contributed by atoms with Crippen molar-refractivity contribution in [3.63, 3.8) is 0 Å². The van der Waals surface area contributed by atoms with Gasteiger partial charge in [0.2, 0.25) is 0 Å². The van der Waals surface area contributed by atoms with E-state index in [9.17, 15) is 5.11 Å². The number of piperidine rings is 1. The van der Waals surface area contributed by atoms with Crippen LogP contribution in [0.2, 0.25) is 0 Å². The number of likely N-dealkylation sites (tertiary alicyclic amines) is 1. The first-order valence-corrected chi connectivity index (χ1v) is 7.28. The van der Waals surface area contributed by atoms with Gasteiger partial charge in [-0.2, -0.15) is 0 Å². The van der Waals surface area contributed by atoms with Crippen molar-refractivity contribution >= 4 is 0 Å². The highest BCUT2D eigenvalue weighted by Crippen LogP contribution is 2.38. The fourth-order valence-electron chi connectivity index (χ4n) is 2.73. The maximum atomic E-state index is 10.7. The molecule has 1 saturated heterocycles. The molecule has 4 nitrogen and oxygen atoms in total. The molecule has 0 saturated carbocycles. The number of hydrogen-bond acceptors (Lipinski definition) is 4. The highest BCUT2D eigenvalue weighted by Gasteiger charge is 2.42. The Morgan fingerprint density at radius 1 is 1.35 bits per heavy atom. The first-order valence-electron chi connectivity index (χ1n) is 7.28. The van der Waals surface area contributed by atoms with Gasteiger partial charge in [0.05, 0.1) is 18.4 Å². The van der Waals surface area contributed by atoms with Crippen LogP contribution in [-0.2, 0) is 6.54 Å². The molecule has 2 heterocycles. The smallest absolute Gasteiger partial charge is 0.122 e. The lowest BCUT2D eigenvalue weighted by Gasteiger charge is -2.46. The molecule has 112 valence electrons. The average molecular weight is 278 g/mol. The summed E-state index contributed by atoms with van der Waals surface area (Å²) in [5.41, 5.74) is 0.407. The van der Waals surface area contributed by atoms with Crippen molar-refractivity contribution in [2.45, 2.75) is 45.8 Å². The second-order valence-electron chi connectivity index (χ2n) is 6.74. The van der Waals surface area contributed by atoms with Crippen molar-refractivity contribution < 1.29 is 9.84 Å². The Labute approximate surface area is 121 Å². The first kappa shape index (κ1) is 15.3. The van der Waals surface area contributed by atoms with Gasteiger partial charge in [-0.1, -0.05) is 20.8 Å². The highest BCUT2D eigenvalue weighted by atomic mass is 16.5. The second-order valence-corrected chi connectivity index (χ2v) is 6.74. The Morgan fingerprint density at radius 2 is 2.00 bits per heavy atom. The molecule has 1 N–H and O–H groups in total. The summed E-state index contributed by atoms with van der Waals surface area (Å²) in [5, 5.41) is 10.7. The number of methoxy groups -OCH3 is 1. The van der Waals surface area contributed by atoms with Crippen LogP contribution in [-0.4, -0.2) is 40.8 Å². The quantitative estimate of drug-likeness (QED) is 0.922. The zero-order chi connectivity index (χ0) is 14.8. The minimum Gasteiger partial charge on any atom is -0.497 e. The van der Waals surface area contributed by atoms with Crippen molar-refractivity contribution in [3.05, 3.63) is 24.0 Å². The summed E-state index contributed by atoms with van der Waals surface area (Å²) in [5.74, 6) is 0.846. The number of rotatable bonds is 3. The normalized spacial score (nSPS) is 19.9. The number of aliphatic hydroxyl groups is 1. The number of pyridine rings is 1. The largest absolute Gasteiger partial charge is 0.497 e. The summed E-state index contributed by atoms with van der Waals surface area (Å²) >= 11 is 0. The van der Waals surface area contributed by atoms with Crippen LogP contribution in [0.15, 0.2) is 18.3 Å². The summed E-state index contributed by atoms with van der Waals surface area (Å²) in [6.07, 6.45) is 3.42. The lowest BCUT2D eigenvalue weighted by Crippen LogP contribution is -2.51. The SMILES string of the molecule is COc1ccnc(CN2CCC(O)(C(C)(C)C)CC2)c1. The first-order chi connectivity index (χ1) is 9.34. The van der Waals surface area contributed by atoms with Crippen LogP contribution in [0.1, 0.15) is 39.3 Å². The van der Waals surface area contributed by atoms with Gasteiger partial charge in [-0.25, -0.2) is 0 Å². The molecule has 0 atom stereocenters. The van der Waals surface area contributed by atoms with Crippen LogP contribution < -0.4 is 4.74 Å². The molecule has 0 aromatic carbocycles. The standard InChI is InChI=1S/C16H26N2O2/c1-15(2,3)16(19)6-9-18(10-7-16)12-13-11-14(20-4)5-8-17-13/h5,8,11,19H,6-7,9-10,12H2,1-4H3. The molecule has 0 unspecified atom stereocenters. The average Bonchev–Trinajstić information content (AvgIpc) is 2.40. The predicted molar refractivity (Wildman–Crippen MR) is 79.7 cm³/mol. The molecule has 1 fully saturated rings. The molecule has 1 aliphatic rings. The summed E-state index contributed by atoms with van der Waals surface area (Å²) in [7, 11) is 1.67. The number of aromatic nitrogens is 1. The molecule has 1 aliphatic heterocycles. The maximum Gasteiger partial charge on any atom is 0.122 e. The Kier molecular flexibility index (Phi) is 4.35. The molecular formula is C16H26N2O2. The minimum absolute atomic E-state index is 0.0622. The second kappa shape index (κ2) is 5.70. The number of hydrogen-bond donors (Lipinski definition) is 1. The number of ether oxygens (including phenoxy) is 1. The maximum absolute atomic E-state index is 10.7. The van der Waals surface area contributed by atoms with Crippen LogP contribution in [0.25, 0.3) is 0 Å². The van der Waals surface area contributed by atoms with E-state index in [-0.39, 0.29) is 5.41 Å². The molecule has 0 amide bonds. The summed E-state index contributed by atoms with van der Waals surface area (Å²) in [4.78, 5) is 6.73. The van der Waals surface area contributed by atoms with E-state index in [2.05, 4.69) is 30.7 Å². The van der Waals surface area contributed by atoms with Gasteiger partial charge in [0.15, 0.2) is 0 Å². The summed E-state index contributed by atoms with van der Waals surface area (Å²) in [6, 6.07) is 3.84. The van der Waals surface area contributed by atoms with Crippen LogP contribution in [0, 0.1) is 5.41 Å². The van der Waals surface area contributed by atoms with Crippen molar-refractivity contribution in [1.29, 1.82) is 0 Å². The fraction of sp³-hybridized carbons (Fsp3) is 0.688. The van der Waals surface area contributed by atoms with Gasteiger partial charge in [-0.15, -0.1) is 0 Å². The molecule has 2 rings (SSSR count). The van der Waals surface area contributed by atoms with Gasteiger partial charge in [0.1, 0.15) is 5.75 Å². The van der Waals surface area contributed by atoms with Gasteiger partial charge in [-0.05, 0) is 24.3 Å². The third kappa shape index (κ3) is 3.30. The van der Waals surface area contributed by atoms with E-state index in [1.165, 1.54) is 0 Å². The molecule has 0 bridgehead atoms. The Bertz CT molecular complexity index is 446.